The summed E-state index contributed by atoms with van der Waals surface area (Å²) in [4.78, 5) is 14.6. The summed E-state index contributed by atoms with van der Waals surface area (Å²) in [6, 6.07) is 15.6. The number of amides is 1. The van der Waals surface area contributed by atoms with Gasteiger partial charge in [-0.15, -0.1) is 0 Å². The SMILES string of the molecule is CNC(=O)[C@H](c1ccccc1)N(CCCc1ccc(C(F)(F)F)cc1)c1cc(C)no1. The van der Waals surface area contributed by atoms with E-state index in [1.165, 1.54) is 12.1 Å². The minimum absolute atomic E-state index is 0.199. The quantitative estimate of drug-likeness (QED) is 0.550. The summed E-state index contributed by atoms with van der Waals surface area (Å²) in [5, 5.41) is 6.64. The van der Waals surface area contributed by atoms with Crippen LogP contribution in [0.5, 0.6) is 0 Å². The van der Waals surface area contributed by atoms with Crippen LogP contribution >= 0.6 is 0 Å². The van der Waals surface area contributed by atoms with E-state index in [4.69, 9.17) is 4.52 Å². The molecule has 0 fully saturated rings. The first-order valence-corrected chi connectivity index (χ1v) is 9.92. The predicted molar refractivity (Wildman–Crippen MR) is 112 cm³/mol. The molecule has 0 aliphatic heterocycles. The summed E-state index contributed by atoms with van der Waals surface area (Å²) in [5.41, 5.74) is 1.61. The monoisotopic (exact) mass is 431 g/mol. The molecule has 164 valence electrons. The zero-order chi connectivity index (χ0) is 22.4. The second-order valence-electron chi connectivity index (χ2n) is 7.23. The molecule has 1 atom stereocenters. The third-order valence-electron chi connectivity index (χ3n) is 4.97. The van der Waals surface area contributed by atoms with Crippen molar-refractivity contribution in [1.29, 1.82) is 0 Å². The highest BCUT2D eigenvalue weighted by Crippen LogP contribution is 2.30. The second-order valence-corrected chi connectivity index (χ2v) is 7.23. The third kappa shape index (κ3) is 5.65. The molecule has 1 amide bonds. The Morgan fingerprint density at radius 2 is 1.81 bits per heavy atom. The molecule has 3 rings (SSSR count). The Morgan fingerprint density at radius 1 is 1.13 bits per heavy atom. The van der Waals surface area contributed by atoms with E-state index in [1.807, 2.05) is 35.2 Å². The Kier molecular flexibility index (Phi) is 6.99. The van der Waals surface area contributed by atoms with Crippen molar-refractivity contribution in [1.82, 2.24) is 10.5 Å². The van der Waals surface area contributed by atoms with E-state index in [0.29, 0.717) is 31.0 Å². The van der Waals surface area contributed by atoms with Gasteiger partial charge in [0.1, 0.15) is 6.04 Å². The molecular weight excluding hydrogens is 407 g/mol. The number of hydrogen-bond acceptors (Lipinski definition) is 4. The van der Waals surface area contributed by atoms with Gasteiger partial charge in [-0.25, -0.2) is 0 Å². The van der Waals surface area contributed by atoms with Gasteiger partial charge in [0.15, 0.2) is 0 Å². The van der Waals surface area contributed by atoms with Gasteiger partial charge >= 0.3 is 6.18 Å². The van der Waals surface area contributed by atoms with Crippen LogP contribution < -0.4 is 10.2 Å². The van der Waals surface area contributed by atoms with E-state index in [0.717, 1.165) is 23.3 Å². The van der Waals surface area contributed by atoms with Gasteiger partial charge in [0.2, 0.25) is 11.8 Å². The van der Waals surface area contributed by atoms with E-state index in [9.17, 15) is 18.0 Å². The molecule has 0 aliphatic carbocycles. The molecule has 0 saturated carbocycles. The zero-order valence-electron chi connectivity index (χ0n) is 17.3. The average Bonchev–Trinajstić information content (AvgIpc) is 3.19. The fourth-order valence-corrected chi connectivity index (χ4v) is 3.41. The van der Waals surface area contributed by atoms with E-state index >= 15 is 0 Å². The number of anilines is 1. The van der Waals surface area contributed by atoms with Gasteiger partial charge in [-0.3, -0.25) is 4.79 Å². The molecule has 5 nitrogen and oxygen atoms in total. The van der Waals surface area contributed by atoms with Crippen molar-refractivity contribution in [2.24, 2.45) is 0 Å². The van der Waals surface area contributed by atoms with Crippen LogP contribution in [0.3, 0.4) is 0 Å². The van der Waals surface area contributed by atoms with Crippen molar-refractivity contribution < 1.29 is 22.5 Å². The highest BCUT2D eigenvalue weighted by atomic mass is 19.4. The average molecular weight is 431 g/mol. The Labute approximate surface area is 178 Å². The maximum Gasteiger partial charge on any atom is 0.416 e. The fourth-order valence-electron chi connectivity index (χ4n) is 3.41. The van der Waals surface area contributed by atoms with Crippen LogP contribution in [-0.2, 0) is 17.4 Å². The molecule has 0 radical (unpaired) electrons. The number of aromatic nitrogens is 1. The van der Waals surface area contributed by atoms with Crippen LogP contribution in [0.1, 0.15) is 34.8 Å². The second kappa shape index (κ2) is 9.68. The lowest BCUT2D eigenvalue weighted by Gasteiger charge is -2.30. The normalized spacial score (nSPS) is 12.4. The lowest BCUT2D eigenvalue weighted by molar-refractivity contribution is -0.137. The van der Waals surface area contributed by atoms with E-state index in [1.54, 1.807) is 20.0 Å². The van der Waals surface area contributed by atoms with E-state index in [-0.39, 0.29) is 5.91 Å². The van der Waals surface area contributed by atoms with Crippen LogP contribution in [-0.4, -0.2) is 24.7 Å². The molecule has 2 aromatic carbocycles. The minimum atomic E-state index is -4.35. The van der Waals surface area contributed by atoms with Crippen LogP contribution in [0, 0.1) is 6.92 Å². The number of hydrogen-bond donors (Lipinski definition) is 1. The highest BCUT2D eigenvalue weighted by molar-refractivity contribution is 5.86. The molecule has 1 heterocycles. The number of carbonyl (C=O) groups excluding carboxylic acids is 1. The van der Waals surface area contributed by atoms with Crippen molar-refractivity contribution in [3.63, 3.8) is 0 Å². The predicted octanol–water partition coefficient (Wildman–Crippen LogP) is 4.93. The Balaban J connectivity index is 1.80. The summed E-state index contributed by atoms with van der Waals surface area (Å²) in [6.07, 6.45) is -3.20. The lowest BCUT2D eigenvalue weighted by Crippen LogP contribution is -2.40. The van der Waals surface area contributed by atoms with Crippen molar-refractivity contribution in [3.8, 4) is 0 Å². The zero-order valence-corrected chi connectivity index (χ0v) is 17.3. The topological polar surface area (TPSA) is 58.4 Å². The number of benzene rings is 2. The van der Waals surface area contributed by atoms with Crippen molar-refractivity contribution in [2.75, 3.05) is 18.5 Å². The number of nitrogens with zero attached hydrogens (tertiary/aromatic N) is 2. The number of carbonyl (C=O) groups is 1. The van der Waals surface area contributed by atoms with Gasteiger partial charge in [-0.1, -0.05) is 47.6 Å². The van der Waals surface area contributed by atoms with Gasteiger partial charge in [0.25, 0.3) is 0 Å². The van der Waals surface area contributed by atoms with Crippen molar-refractivity contribution in [2.45, 2.75) is 32.0 Å². The maximum absolute atomic E-state index is 12.8. The van der Waals surface area contributed by atoms with Crippen molar-refractivity contribution >= 4 is 11.8 Å². The molecule has 0 bridgehead atoms. The largest absolute Gasteiger partial charge is 0.416 e. The number of alkyl halides is 3. The van der Waals surface area contributed by atoms with Gasteiger partial charge in [-0.05, 0) is 43.0 Å². The summed E-state index contributed by atoms with van der Waals surface area (Å²) in [6.45, 7) is 2.24. The molecule has 0 saturated heterocycles. The van der Waals surface area contributed by atoms with Crippen LogP contribution in [0.4, 0.5) is 19.1 Å². The van der Waals surface area contributed by atoms with Crippen LogP contribution in [0.25, 0.3) is 0 Å². The highest BCUT2D eigenvalue weighted by Gasteiger charge is 2.31. The molecule has 8 heteroatoms. The lowest BCUT2D eigenvalue weighted by atomic mass is 10.0. The molecule has 0 aliphatic rings. The third-order valence-corrected chi connectivity index (χ3v) is 4.97. The molecule has 1 N–H and O–H groups in total. The van der Waals surface area contributed by atoms with Gasteiger partial charge in [-0.2, -0.15) is 13.2 Å². The molecular formula is C23H24F3N3O2. The summed E-state index contributed by atoms with van der Waals surface area (Å²) < 4.78 is 43.7. The Morgan fingerprint density at radius 3 is 2.35 bits per heavy atom. The molecule has 0 spiro atoms. The number of likely N-dealkylation sites (N-methyl/N-ethyl adjacent to an activating group) is 1. The first-order chi connectivity index (χ1) is 14.8. The Bertz CT molecular complexity index is 985. The number of halogens is 3. The first-order valence-electron chi connectivity index (χ1n) is 9.92. The standard InChI is InChI=1S/C23H24F3N3O2/c1-16-15-20(31-28-16)29(21(22(30)27-2)18-8-4-3-5-9-18)14-6-7-17-10-12-19(13-11-17)23(24,25)26/h3-5,8-13,15,21H,6-7,14H2,1-2H3,(H,27,30)/t21-/m0/s1. The van der Waals surface area contributed by atoms with Gasteiger partial charge in [0.05, 0.1) is 11.3 Å². The molecule has 3 aromatic rings. The number of nitrogens with one attached hydrogen (secondary N) is 1. The first kappa shape index (κ1) is 22.4. The minimum Gasteiger partial charge on any atom is -0.357 e. The molecule has 0 unspecified atom stereocenters. The fraction of sp³-hybridized carbons (Fsp3) is 0.304. The van der Waals surface area contributed by atoms with E-state index in [2.05, 4.69) is 10.5 Å². The van der Waals surface area contributed by atoms with Crippen LogP contribution in [0.15, 0.2) is 65.2 Å². The van der Waals surface area contributed by atoms with Gasteiger partial charge < -0.3 is 14.7 Å². The Hall–Kier alpha value is -3.29. The van der Waals surface area contributed by atoms with Crippen LogP contribution in [0.2, 0.25) is 0 Å². The van der Waals surface area contributed by atoms with E-state index < -0.39 is 17.8 Å². The summed E-state index contributed by atoms with van der Waals surface area (Å²) in [5.74, 6) is 0.261. The number of rotatable bonds is 8. The summed E-state index contributed by atoms with van der Waals surface area (Å²) in [7, 11) is 1.57. The van der Waals surface area contributed by atoms with Gasteiger partial charge in [0, 0.05) is 19.7 Å². The maximum atomic E-state index is 12.8. The summed E-state index contributed by atoms with van der Waals surface area (Å²) >= 11 is 0. The smallest absolute Gasteiger partial charge is 0.357 e. The number of aryl methyl sites for hydroxylation is 2. The molecule has 1 aromatic heterocycles. The molecule has 31 heavy (non-hydrogen) atoms. The van der Waals surface area contributed by atoms with Crippen molar-refractivity contribution in [3.05, 3.63) is 83.0 Å².